The van der Waals surface area contributed by atoms with Gasteiger partial charge in [-0.15, -0.1) is 0 Å². The van der Waals surface area contributed by atoms with Crippen LogP contribution in [0.3, 0.4) is 0 Å². The Morgan fingerprint density at radius 2 is 2.00 bits per heavy atom. The van der Waals surface area contributed by atoms with Crippen molar-refractivity contribution < 1.29 is 14.7 Å². The van der Waals surface area contributed by atoms with Gasteiger partial charge in [0.15, 0.2) is 0 Å². The van der Waals surface area contributed by atoms with Crippen molar-refractivity contribution >= 4 is 11.9 Å². The molecule has 15 heavy (non-hydrogen) atoms. The Balaban J connectivity index is 2.54. The van der Waals surface area contributed by atoms with Gasteiger partial charge in [-0.3, -0.25) is 9.59 Å². The van der Waals surface area contributed by atoms with Crippen LogP contribution in [0, 0.1) is 17.8 Å². The molecule has 0 saturated heterocycles. The molecule has 4 heteroatoms. The third kappa shape index (κ3) is 3.53. The maximum atomic E-state index is 11.8. The Labute approximate surface area is 90.3 Å². The summed E-state index contributed by atoms with van der Waals surface area (Å²) in [6.45, 7) is 6.36. The van der Waals surface area contributed by atoms with Crippen LogP contribution < -0.4 is 0 Å². The summed E-state index contributed by atoms with van der Waals surface area (Å²) >= 11 is 0. The summed E-state index contributed by atoms with van der Waals surface area (Å²) in [5.41, 5.74) is 0. The molecule has 0 spiro atoms. The van der Waals surface area contributed by atoms with Crippen LogP contribution in [0.1, 0.15) is 27.2 Å². The third-order valence-electron chi connectivity index (χ3n) is 2.65. The summed E-state index contributed by atoms with van der Waals surface area (Å²) in [5, 5.41) is 8.72. The molecule has 1 saturated carbocycles. The van der Waals surface area contributed by atoms with E-state index in [1.54, 1.807) is 0 Å². The maximum Gasteiger partial charge on any atom is 0.323 e. The molecule has 0 aliphatic heterocycles. The molecule has 0 radical (unpaired) electrons. The Bertz CT molecular complexity index is 263. The number of amides is 1. The minimum Gasteiger partial charge on any atom is -0.480 e. The van der Waals surface area contributed by atoms with Gasteiger partial charge in [-0.2, -0.15) is 0 Å². The molecule has 1 amide bonds. The molecule has 0 unspecified atom stereocenters. The highest BCUT2D eigenvalue weighted by molar-refractivity contribution is 5.85. The van der Waals surface area contributed by atoms with Crippen molar-refractivity contribution in [2.24, 2.45) is 17.8 Å². The van der Waals surface area contributed by atoms with Crippen molar-refractivity contribution in [3.05, 3.63) is 0 Å². The van der Waals surface area contributed by atoms with E-state index in [9.17, 15) is 9.59 Å². The van der Waals surface area contributed by atoms with Crippen molar-refractivity contribution in [1.29, 1.82) is 0 Å². The molecule has 0 aromatic heterocycles. The van der Waals surface area contributed by atoms with E-state index < -0.39 is 5.97 Å². The molecular weight excluding hydrogens is 194 g/mol. The van der Waals surface area contributed by atoms with Gasteiger partial charge in [-0.1, -0.05) is 20.8 Å². The van der Waals surface area contributed by atoms with Gasteiger partial charge in [0.05, 0.1) is 0 Å². The number of carbonyl (C=O) groups excluding carboxylic acids is 1. The summed E-state index contributed by atoms with van der Waals surface area (Å²) in [6.07, 6.45) is 0.910. The Morgan fingerprint density at radius 1 is 1.47 bits per heavy atom. The van der Waals surface area contributed by atoms with Crippen molar-refractivity contribution in [3.8, 4) is 0 Å². The monoisotopic (exact) mass is 213 g/mol. The van der Waals surface area contributed by atoms with Crippen LogP contribution in [0.15, 0.2) is 0 Å². The van der Waals surface area contributed by atoms with Crippen LogP contribution >= 0.6 is 0 Å². The minimum atomic E-state index is -0.933. The number of aliphatic carboxylic acids is 1. The molecule has 2 atom stereocenters. The first-order valence-electron chi connectivity index (χ1n) is 5.42. The summed E-state index contributed by atoms with van der Waals surface area (Å²) in [4.78, 5) is 23.9. The largest absolute Gasteiger partial charge is 0.480 e. The maximum absolute atomic E-state index is 11.8. The van der Waals surface area contributed by atoms with Crippen LogP contribution in [-0.4, -0.2) is 35.0 Å². The second-order valence-electron chi connectivity index (χ2n) is 4.83. The van der Waals surface area contributed by atoms with Gasteiger partial charge in [0.1, 0.15) is 6.54 Å². The van der Waals surface area contributed by atoms with E-state index >= 15 is 0 Å². The van der Waals surface area contributed by atoms with E-state index in [1.165, 1.54) is 4.90 Å². The molecule has 0 heterocycles. The van der Waals surface area contributed by atoms with E-state index in [0.717, 1.165) is 6.42 Å². The number of carboxylic acid groups (broad SMARTS) is 1. The van der Waals surface area contributed by atoms with E-state index in [0.29, 0.717) is 18.4 Å². The highest BCUT2D eigenvalue weighted by Gasteiger charge is 2.41. The number of rotatable bonds is 5. The SMILES string of the molecule is CC(C)CN(CC(=O)O)C(=O)[C@H]1C[C@H]1C. The number of hydrogen-bond donors (Lipinski definition) is 1. The molecule has 0 aromatic carbocycles. The van der Waals surface area contributed by atoms with Crippen molar-refractivity contribution in [2.75, 3.05) is 13.1 Å². The second-order valence-corrected chi connectivity index (χ2v) is 4.83. The molecule has 0 aromatic rings. The average Bonchev–Trinajstić information content (AvgIpc) is 2.78. The van der Waals surface area contributed by atoms with Gasteiger partial charge in [0, 0.05) is 12.5 Å². The molecule has 0 bridgehead atoms. The predicted octanol–water partition coefficient (Wildman–Crippen LogP) is 1.21. The predicted molar refractivity (Wildman–Crippen MR) is 56.3 cm³/mol. The molecule has 1 rings (SSSR count). The average molecular weight is 213 g/mol. The lowest BCUT2D eigenvalue weighted by Crippen LogP contribution is -2.39. The normalized spacial score (nSPS) is 24.0. The quantitative estimate of drug-likeness (QED) is 0.746. The van der Waals surface area contributed by atoms with Gasteiger partial charge in [-0.05, 0) is 18.3 Å². The van der Waals surface area contributed by atoms with E-state index in [2.05, 4.69) is 0 Å². The number of carboxylic acids is 1. The van der Waals surface area contributed by atoms with Crippen molar-refractivity contribution in [1.82, 2.24) is 4.90 Å². The Morgan fingerprint density at radius 3 is 2.33 bits per heavy atom. The van der Waals surface area contributed by atoms with Gasteiger partial charge in [-0.25, -0.2) is 0 Å². The second kappa shape index (κ2) is 4.64. The van der Waals surface area contributed by atoms with Crippen LogP contribution in [0.25, 0.3) is 0 Å². The summed E-state index contributed by atoms with van der Waals surface area (Å²) in [6, 6.07) is 0. The number of carbonyl (C=O) groups is 2. The van der Waals surface area contributed by atoms with Crippen LogP contribution in [-0.2, 0) is 9.59 Å². The van der Waals surface area contributed by atoms with Crippen LogP contribution in [0.4, 0.5) is 0 Å². The lowest BCUT2D eigenvalue weighted by molar-refractivity contribution is -0.145. The first kappa shape index (κ1) is 12.0. The molecular formula is C11H19NO3. The highest BCUT2D eigenvalue weighted by Crippen LogP contribution is 2.39. The van der Waals surface area contributed by atoms with E-state index in [-0.39, 0.29) is 18.4 Å². The van der Waals surface area contributed by atoms with Crippen LogP contribution in [0.5, 0.6) is 0 Å². The molecule has 1 aliphatic rings. The zero-order valence-electron chi connectivity index (χ0n) is 9.56. The summed E-state index contributed by atoms with van der Waals surface area (Å²) < 4.78 is 0. The fourth-order valence-corrected chi connectivity index (χ4v) is 1.74. The molecule has 86 valence electrons. The Kier molecular flexibility index (Phi) is 3.72. The number of hydrogen-bond acceptors (Lipinski definition) is 2. The van der Waals surface area contributed by atoms with Gasteiger partial charge in [0.2, 0.25) is 5.91 Å². The first-order valence-corrected chi connectivity index (χ1v) is 5.42. The summed E-state index contributed by atoms with van der Waals surface area (Å²) in [5.74, 6) is -0.109. The van der Waals surface area contributed by atoms with Crippen molar-refractivity contribution in [3.63, 3.8) is 0 Å². The highest BCUT2D eigenvalue weighted by atomic mass is 16.4. The molecule has 1 fully saturated rings. The first-order chi connectivity index (χ1) is 6.91. The Hall–Kier alpha value is -1.06. The third-order valence-corrected chi connectivity index (χ3v) is 2.65. The fraction of sp³-hybridized carbons (Fsp3) is 0.818. The standard InChI is InChI=1S/C11H19NO3/c1-7(2)5-12(6-10(13)14)11(15)9-4-8(9)3/h7-9H,4-6H2,1-3H3,(H,13,14)/t8-,9+/m1/s1. The van der Waals surface area contributed by atoms with Crippen LogP contribution in [0.2, 0.25) is 0 Å². The van der Waals surface area contributed by atoms with Gasteiger partial charge >= 0.3 is 5.97 Å². The lowest BCUT2D eigenvalue weighted by Gasteiger charge is -2.22. The van der Waals surface area contributed by atoms with Gasteiger partial charge in [0.25, 0.3) is 0 Å². The van der Waals surface area contributed by atoms with Gasteiger partial charge < -0.3 is 10.0 Å². The fourth-order valence-electron chi connectivity index (χ4n) is 1.74. The molecule has 1 N–H and O–H groups in total. The lowest BCUT2D eigenvalue weighted by atomic mass is 10.2. The summed E-state index contributed by atoms with van der Waals surface area (Å²) in [7, 11) is 0. The minimum absolute atomic E-state index is 0.0126. The van der Waals surface area contributed by atoms with Crippen molar-refractivity contribution in [2.45, 2.75) is 27.2 Å². The number of nitrogens with zero attached hydrogens (tertiary/aromatic N) is 1. The molecule has 1 aliphatic carbocycles. The smallest absolute Gasteiger partial charge is 0.323 e. The zero-order chi connectivity index (χ0) is 11.6. The van der Waals surface area contributed by atoms with E-state index in [4.69, 9.17) is 5.11 Å². The zero-order valence-corrected chi connectivity index (χ0v) is 9.56. The topological polar surface area (TPSA) is 57.6 Å². The molecule has 4 nitrogen and oxygen atoms in total. The van der Waals surface area contributed by atoms with E-state index in [1.807, 2.05) is 20.8 Å².